The number of sulfonamides is 1. The number of halogens is 1. The van der Waals surface area contributed by atoms with Gasteiger partial charge in [0, 0.05) is 19.2 Å². The van der Waals surface area contributed by atoms with Gasteiger partial charge >= 0.3 is 0 Å². The predicted octanol–water partition coefficient (Wildman–Crippen LogP) is 1.03. The second kappa shape index (κ2) is 7.26. The first-order valence-electron chi connectivity index (χ1n) is 6.36. The van der Waals surface area contributed by atoms with Crippen molar-refractivity contribution < 1.29 is 12.8 Å². The lowest BCUT2D eigenvalue weighted by Gasteiger charge is -2.19. The number of nitrogens with zero attached hydrogens (tertiary/aromatic N) is 2. The quantitative estimate of drug-likeness (QED) is 0.755. The van der Waals surface area contributed by atoms with E-state index in [4.69, 9.17) is 18.0 Å². The Hall–Kier alpha value is -1.09. The molecule has 1 aromatic carbocycles. The molecule has 8 heteroatoms. The number of benzene rings is 1. The number of thiocarbonyl (C=S) groups is 1. The summed E-state index contributed by atoms with van der Waals surface area (Å²) < 4.78 is 39.6. The minimum absolute atomic E-state index is 0.0148. The molecule has 1 rings (SSSR count). The van der Waals surface area contributed by atoms with Crippen molar-refractivity contribution in [1.82, 2.24) is 9.21 Å². The molecule has 0 atom stereocenters. The van der Waals surface area contributed by atoms with E-state index in [1.807, 2.05) is 19.0 Å². The van der Waals surface area contributed by atoms with Gasteiger partial charge in [-0.05, 0) is 45.3 Å². The maximum Gasteiger partial charge on any atom is 0.242 e. The van der Waals surface area contributed by atoms with E-state index in [0.29, 0.717) is 13.0 Å². The number of hydrogen-bond donors (Lipinski definition) is 1. The van der Waals surface area contributed by atoms with Gasteiger partial charge in [0.1, 0.15) is 10.8 Å². The molecule has 0 saturated carbocycles. The topological polar surface area (TPSA) is 66.6 Å². The third kappa shape index (κ3) is 4.70. The smallest absolute Gasteiger partial charge is 0.242 e. The van der Waals surface area contributed by atoms with Gasteiger partial charge in [-0.1, -0.05) is 12.2 Å². The van der Waals surface area contributed by atoms with Gasteiger partial charge < -0.3 is 10.6 Å². The lowest BCUT2D eigenvalue weighted by molar-refractivity contribution is 0.370. The summed E-state index contributed by atoms with van der Waals surface area (Å²) in [5.74, 6) is -0.628. The van der Waals surface area contributed by atoms with E-state index < -0.39 is 15.8 Å². The van der Waals surface area contributed by atoms with Crippen LogP contribution in [0.2, 0.25) is 0 Å². The van der Waals surface area contributed by atoms with Crippen molar-refractivity contribution in [3.8, 4) is 0 Å². The zero-order valence-corrected chi connectivity index (χ0v) is 14.0. The van der Waals surface area contributed by atoms with Gasteiger partial charge in [0.15, 0.2) is 0 Å². The Morgan fingerprint density at radius 2 is 1.90 bits per heavy atom. The van der Waals surface area contributed by atoms with Crippen molar-refractivity contribution in [3.05, 3.63) is 29.6 Å². The van der Waals surface area contributed by atoms with Crippen LogP contribution >= 0.6 is 12.2 Å². The molecule has 0 bridgehead atoms. The molecule has 0 aliphatic carbocycles. The maximum absolute atomic E-state index is 13.5. The van der Waals surface area contributed by atoms with Crippen LogP contribution in [-0.2, 0) is 10.0 Å². The Bertz CT molecular complexity index is 618. The summed E-state index contributed by atoms with van der Waals surface area (Å²) in [7, 11) is 1.66. The SMILES string of the molecule is CN(C)CCCN(C)S(=O)(=O)c1ccc(F)c(C(N)=S)c1. The second-order valence-electron chi connectivity index (χ2n) is 4.99. The molecular formula is C13H20FN3O2S2. The molecule has 0 spiro atoms. The van der Waals surface area contributed by atoms with Crippen LogP contribution in [-0.4, -0.2) is 56.8 Å². The van der Waals surface area contributed by atoms with E-state index in [-0.39, 0.29) is 15.4 Å². The fourth-order valence-electron chi connectivity index (χ4n) is 1.76. The standard InChI is InChI=1S/C13H20FN3O2S2/c1-16(2)7-4-8-17(3)21(18,19)10-5-6-12(14)11(9-10)13(15)20/h5-6,9H,4,7-8H2,1-3H3,(H2,15,20). The molecule has 118 valence electrons. The molecule has 2 N–H and O–H groups in total. The second-order valence-corrected chi connectivity index (χ2v) is 7.47. The lowest BCUT2D eigenvalue weighted by Crippen LogP contribution is -2.30. The third-order valence-electron chi connectivity index (χ3n) is 2.99. The van der Waals surface area contributed by atoms with Crippen LogP contribution in [0, 0.1) is 5.82 Å². The van der Waals surface area contributed by atoms with Crippen LogP contribution in [0.5, 0.6) is 0 Å². The van der Waals surface area contributed by atoms with Gasteiger partial charge in [-0.15, -0.1) is 0 Å². The van der Waals surface area contributed by atoms with Crippen LogP contribution in [0.15, 0.2) is 23.1 Å². The summed E-state index contributed by atoms with van der Waals surface area (Å²) in [6.07, 6.45) is 0.700. The summed E-state index contributed by atoms with van der Waals surface area (Å²) in [5, 5.41) is 0. The van der Waals surface area contributed by atoms with Gasteiger partial charge in [0.25, 0.3) is 0 Å². The Morgan fingerprint density at radius 3 is 2.43 bits per heavy atom. The van der Waals surface area contributed by atoms with Crippen LogP contribution in [0.3, 0.4) is 0 Å². The molecule has 0 amide bonds. The summed E-state index contributed by atoms with van der Waals surface area (Å²) in [6.45, 7) is 1.15. The number of rotatable bonds is 7. The molecule has 0 radical (unpaired) electrons. The van der Waals surface area contributed by atoms with Crippen molar-refractivity contribution in [2.24, 2.45) is 5.73 Å². The molecular weight excluding hydrogens is 313 g/mol. The molecule has 0 unspecified atom stereocenters. The lowest BCUT2D eigenvalue weighted by atomic mass is 10.2. The molecule has 0 aliphatic rings. The van der Waals surface area contributed by atoms with Gasteiger partial charge in [-0.2, -0.15) is 0 Å². The van der Waals surface area contributed by atoms with Crippen LogP contribution in [0.1, 0.15) is 12.0 Å². The normalized spacial score (nSPS) is 12.1. The molecule has 5 nitrogen and oxygen atoms in total. The number of nitrogens with two attached hydrogens (primary N) is 1. The molecule has 0 saturated heterocycles. The maximum atomic E-state index is 13.5. The highest BCUT2D eigenvalue weighted by Crippen LogP contribution is 2.18. The molecule has 0 fully saturated rings. The first-order chi connectivity index (χ1) is 9.66. The number of hydrogen-bond acceptors (Lipinski definition) is 4. The van der Waals surface area contributed by atoms with E-state index >= 15 is 0 Å². The fourth-order valence-corrected chi connectivity index (χ4v) is 3.16. The van der Waals surface area contributed by atoms with Crippen molar-refractivity contribution in [2.75, 3.05) is 34.2 Å². The minimum atomic E-state index is -3.68. The average molecular weight is 333 g/mol. The van der Waals surface area contributed by atoms with Crippen molar-refractivity contribution in [3.63, 3.8) is 0 Å². The van der Waals surface area contributed by atoms with Gasteiger partial charge in [-0.25, -0.2) is 17.1 Å². The van der Waals surface area contributed by atoms with E-state index in [0.717, 1.165) is 12.6 Å². The van der Waals surface area contributed by atoms with Gasteiger partial charge in [0.05, 0.1) is 4.90 Å². The highest BCUT2D eigenvalue weighted by molar-refractivity contribution is 7.89. The summed E-state index contributed by atoms with van der Waals surface area (Å²) in [4.78, 5) is 1.79. The summed E-state index contributed by atoms with van der Waals surface area (Å²) >= 11 is 4.72. The molecule has 0 heterocycles. The fraction of sp³-hybridized carbons (Fsp3) is 0.462. The van der Waals surface area contributed by atoms with E-state index in [9.17, 15) is 12.8 Å². The summed E-state index contributed by atoms with van der Waals surface area (Å²) in [5.41, 5.74) is 5.33. The molecule has 0 aromatic heterocycles. The summed E-state index contributed by atoms with van der Waals surface area (Å²) in [6, 6.07) is 3.46. The Kier molecular flexibility index (Phi) is 6.21. The van der Waals surface area contributed by atoms with Crippen LogP contribution in [0.4, 0.5) is 4.39 Å². The highest BCUT2D eigenvalue weighted by atomic mass is 32.2. The van der Waals surface area contributed by atoms with Crippen molar-refractivity contribution >= 4 is 27.2 Å². The van der Waals surface area contributed by atoms with Crippen molar-refractivity contribution in [1.29, 1.82) is 0 Å². The van der Waals surface area contributed by atoms with E-state index in [1.165, 1.54) is 23.5 Å². The molecule has 1 aromatic rings. The highest BCUT2D eigenvalue weighted by Gasteiger charge is 2.22. The minimum Gasteiger partial charge on any atom is -0.389 e. The van der Waals surface area contributed by atoms with Crippen LogP contribution < -0.4 is 5.73 Å². The zero-order valence-electron chi connectivity index (χ0n) is 12.3. The predicted molar refractivity (Wildman–Crippen MR) is 85.3 cm³/mol. The Morgan fingerprint density at radius 1 is 1.29 bits per heavy atom. The largest absolute Gasteiger partial charge is 0.389 e. The first-order valence-corrected chi connectivity index (χ1v) is 8.21. The molecule has 0 aliphatic heterocycles. The van der Waals surface area contributed by atoms with E-state index in [1.54, 1.807) is 0 Å². The Balaban J connectivity index is 2.97. The van der Waals surface area contributed by atoms with Gasteiger partial charge in [-0.3, -0.25) is 0 Å². The van der Waals surface area contributed by atoms with E-state index in [2.05, 4.69) is 0 Å². The average Bonchev–Trinajstić information content (AvgIpc) is 2.37. The third-order valence-corrected chi connectivity index (χ3v) is 5.06. The van der Waals surface area contributed by atoms with Gasteiger partial charge in [0.2, 0.25) is 10.0 Å². The Labute approximate surface area is 130 Å². The van der Waals surface area contributed by atoms with Crippen LogP contribution in [0.25, 0.3) is 0 Å². The van der Waals surface area contributed by atoms with Crippen molar-refractivity contribution in [2.45, 2.75) is 11.3 Å². The molecule has 21 heavy (non-hydrogen) atoms. The first kappa shape index (κ1) is 18.0. The zero-order chi connectivity index (χ0) is 16.2. The monoisotopic (exact) mass is 333 g/mol.